The maximum absolute atomic E-state index is 4.48. The lowest BCUT2D eigenvalue weighted by atomic mass is 10.3. The molecule has 4 nitrogen and oxygen atoms in total. The van der Waals surface area contributed by atoms with Crippen LogP contribution in [0.1, 0.15) is 18.3 Å². The van der Waals surface area contributed by atoms with Gasteiger partial charge in [-0.15, -0.1) is 11.3 Å². The Hall–Kier alpha value is -1.33. The van der Waals surface area contributed by atoms with Gasteiger partial charge in [0.1, 0.15) is 5.69 Å². The van der Waals surface area contributed by atoms with Crippen molar-refractivity contribution in [1.29, 1.82) is 0 Å². The Bertz CT molecular complexity index is 453. The maximum Gasteiger partial charge on any atom is 0.179 e. The third-order valence-electron chi connectivity index (χ3n) is 2.12. The molecule has 0 bridgehead atoms. The molecule has 1 N–H and O–H groups in total. The summed E-state index contributed by atoms with van der Waals surface area (Å²) in [6.07, 6.45) is 0. The summed E-state index contributed by atoms with van der Waals surface area (Å²) in [6.45, 7) is 5.77. The highest BCUT2D eigenvalue weighted by Gasteiger charge is 2.06. The number of hydrogen-bond donors (Lipinski definition) is 1. The van der Waals surface area contributed by atoms with Crippen LogP contribution in [-0.4, -0.2) is 21.5 Å². The molecule has 0 aromatic carbocycles. The molecule has 0 aliphatic carbocycles. The minimum absolute atomic E-state index is 0.717. The number of thiazole rings is 1. The second-order valence-corrected chi connectivity index (χ2v) is 4.20. The van der Waals surface area contributed by atoms with Gasteiger partial charge in [-0.3, -0.25) is 0 Å². The Morgan fingerprint density at radius 2 is 2.25 bits per heavy atom. The lowest BCUT2D eigenvalue weighted by molar-refractivity contribution is 0.707. The molecule has 0 aliphatic heterocycles. The van der Waals surface area contributed by atoms with Crippen LogP contribution < -0.4 is 5.32 Å². The molecule has 5 heteroatoms. The van der Waals surface area contributed by atoms with Crippen LogP contribution >= 0.6 is 11.3 Å². The van der Waals surface area contributed by atoms with Crippen molar-refractivity contribution in [3.05, 3.63) is 28.3 Å². The summed E-state index contributed by atoms with van der Waals surface area (Å²) in [4.78, 5) is 13.1. The predicted molar refractivity (Wildman–Crippen MR) is 65.3 cm³/mol. The molecule has 16 heavy (non-hydrogen) atoms. The van der Waals surface area contributed by atoms with Gasteiger partial charge in [0, 0.05) is 17.6 Å². The number of rotatable bonds is 4. The van der Waals surface area contributed by atoms with Crippen LogP contribution in [0.15, 0.2) is 17.0 Å². The summed E-state index contributed by atoms with van der Waals surface area (Å²) >= 11 is 1.56. The van der Waals surface area contributed by atoms with Crippen LogP contribution in [0.3, 0.4) is 0 Å². The van der Waals surface area contributed by atoms with Crippen molar-refractivity contribution in [2.24, 2.45) is 0 Å². The lowest BCUT2D eigenvalue weighted by Gasteiger charge is -2.04. The molecular weight excluding hydrogens is 220 g/mol. The van der Waals surface area contributed by atoms with Gasteiger partial charge < -0.3 is 5.32 Å². The van der Waals surface area contributed by atoms with E-state index in [9.17, 15) is 0 Å². The van der Waals surface area contributed by atoms with Crippen LogP contribution in [0.2, 0.25) is 0 Å². The van der Waals surface area contributed by atoms with Crippen molar-refractivity contribution in [3.8, 4) is 11.5 Å². The molecule has 0 aliphatic rings. The van der Waals surface area contributed by atoms with Gasteiger partial charge in [0.25, 0.3) is 0 Å². The van der Waals surface area contributed by atoms with E-state index >= 15 is 0 Å². The monoisotopic (exact) mass is 234 g/mol. The molecule has 2 aromatic heterocycles. The summed E-state index contributed by atoms with van der Waals surface area (Å²) in [7, 11) is 0. The molecule has 0 amide bonds. The number of nitrogens with one attached hydrogen (secondary N) is 1. The highest BCUT2D eigenvalue weighted by atomic mass is 32.1. The number of nitrogens with zero attached hydrogens (tertiary/aromatic N) is 3. The quantitative estimate of drug-likeness (QED) is 0.879. The predicted octanol–water partition coefficient (Wildman–Crippen LogP) is 2.02. The molecule has 0 spiro atoms. The van der Waals surface area contributed by atoms with Crippen molar-refractivity contribution in [1.82, 2.24) is 20.3 Å². The van der Waals surface area contributed by atoms with Crippen LogP contribution in [0.25, 0.3) is 11.5 Å². The van der Waals surface area contributed by atoms with Crippen molar-refractivity contribution in [2.75, 3.05) is 6.54 Å². The largest absolute Gasteiger partial charge is 0.311 e. The fourth-order valence-electron chi connectivity index (χ4n) is 1.41. The van der Waals surface area contributed by atoms with Gasteiger partial charge in [-0.2, -0.15) is 0 Å². The minimum atomic E-state index is 0.717. The van der Waals surface area contributed by atoms with Crippen LogP contribution in [0.4, 0.5) is 0 Å². The van der Waals surface area contributed by atoms with Gasteiger partial charge in [-0.05, 0) is 19.5 Å². The van der Waals surface area contributed by atoms with Gasteiger partial charge in [0.15, 0.2) is 5.82 Å². The normalized spacial score (nSPS) is 10.6. The molecule has 2 aromatic rings. The van der Waals surface area contributed by atoms with Crippen molar-refractivity contribution in [2.45, 2.75) is 20.4 Å². The van der Waals surface area contributed by atoms with Crippen molar-refractivity contribution >= 4 is 11.3 Å². The first-order chi connectivity index (χ1) is 7.79. The molecular formula is C11H14N4S. The van der Waals surface area contributed by atoms with E-state index in [1.165, 1.54) is 0 Å². The van der Waals surface area contributed by atoms with Crippen LogP contribution in [0, 0.1) is 6.92 Å². The van der Waals surface area contributed by atoms with E-state index in [1.807, 2.05) is 18.4 Å². The van der Waals surface area contributed by atoms with E-state index < -0.39 is 0 Å². The molecule has 2 rings (SSSR count). The summed E-state index contributed by atoms with van der Waals surface area (Å²) in [5.41, 5.74) is 4.64. The van der Waals surface area contributed by atoms with Gasteiger partial charge in [0.2, 0.25) is 0 Å². The summed E-state index contributed by atoms with van der Waals surface area (Å²) in [6, 6.07) is 2.00. The zero-order valence-electron chi connectivity index (χ0n) is 9.40. The van der Waals surface area contributed by atoms with E-state index in [0.29, 0.717) is 5.82 Å². The third-order valence-corrected chi connectivity index (χ3v) is 2.71. The lowest BCUT2D eigenvalue weighted by Crippen LogP contribution is -2.13. The molecule has 2 heterocycles. The Balaban J connectivity index is 2.29. The molecule has 0 saturated heterocycles. The van der Waals surface area contributed by atoms with Crippen molar-refractivity contribution in [3.63, 3.8) is 0 Å². The van der Waals surface area contributed by atoms with E-state index in [2.05, 4.69) is 27.2 Å². The standard InChI is InChI=1S/C11H14N4S/c1-3-12-5-9-4-8(2)14-11(15-9)10-6-16-7-13-10/h4,6-7,12H,3,5H2,1-2H3. The number of aromatic nitrogens is 3. The minimum Gasteiger partial charge on any atom is -0.311 e. The SMILES string of the molecule is CCNCc1cc(C)nc(-c2cscn2)n1. The second-order valence-electron chi connectivity index (χ2n) is 3.48. The zero-order chi connectivity index (χ0) is 11.4. The first-order valence-corrected chi connectivity index (χ1v) is 6.17. The third kappa shape index (κ3) is 2.62. The summed E-state index contributed by atoms with van der Waals surface area (Å²) in [5, 5.41) is 5.22. The zero-order valence-corrected chi connectivity index (χ0v) is 10.2. The van der Waals surface area contributed by atoms with E-state index in [-0.39, 0.29) is 0 Å². The van der Waals surface area contributed by atoms with Crippen molar-refractivity contribution < 1.29 is 0 Å². The maximum atomic E-state index is 4.48. The average Bonchev–Trinajstić information content (AvgIpc) is 2.79. The van der Waals surface area contributed by atoms with Gasteiger partial charge >= 0.3 is 0 Å². The topological polar surface area (TPSA) is 50.7 Å². The fraction of sp³-hybridized carbons (Fsp3) is 0.364. The Morgan fingerprint density at radius 3 is 2.94 bits per heavy atom. The Morgan fingerprint density at radius 1 is 1.38 bits per heavy atom. The second kappa shape index (κ2) is 5.14. The number of aryl methyl sites for hydroxylation is 1. The molecule has 0 saturated carbocycles. The van der Waals surface area contributed by atoms with E-state index in [4.69, 9.17) is 0 Å². The van der Waals surface area contributed by atoms with Gasteiger partial charge in [-0.25, -0.2) is 15.0 Å². The van der Waals surface area contributed by atoms with Gasteiger partial charge in [0.05, 0.1) is 11.2 Å². The molecule has 0 unspecified atom stereocenters. The molecule has 0 atom stereocenters. The van der Waals surface area contributed by atoms with Crippen LogP contribution in [0.5, 0.6) is 0 Å². The first-order valence-electron chi connectivity index (χ1n) is 5.23. The average molecular weight is 234 g/mol. The Kier molecular flexibility index (Phi) is 3.58. The summed E-state index contributed by atoms with van der Waals surface area (Å²) < 4.78 is 0. The Labute approximate surface area is 98.8 Å². The van der Waals surface area contributed by atoms with Gasteiger partial charge in [-0.1, -0.05) is 6.92 Å². The number of hydrogen-bond acceptors (Lipinski definition) is 5. The molecule has 0 radical (unpaired) electrons. The highest BCUT2D eigenvalue weighted by molar-refractivity contribution is 7.07. The fourth-order valence-corrected chi connectivity index (χ4v) is 1.95. The molecule has 0 fully saturated rings. The summed E-state index contributed by atoms with van der Waals surface area (Å²) in [5.74, 6) is 0.717. The smallest absolute Gasteiger partial charge is 0.179 e. The highest BCUT2D eigenvalue weighted by Crippen LogP contribution is 2.15. The first kappa shape index (κ1) is 11.2. The van der Waals surface area contributed by atoms with E-state index in [0.717, 1.165) is 30.2 Å². The van der Waals surface area contributed by atoms with Crippen LogP contribution in [-0.2, 0) is 6.54 Å². The molecule has 84 valence electrons. The van der Waals surface area contributed by atoms with E-state index in [1.54, 1.807) is 16.8 Å².